The lowest BCUT2D eigenvalue weighted by Gasteiger charge is -2.19. The summed E-state index contributed by atoms with van der Waals surface area (Å²) >= 11 is 9.43. The Bertz CT molecular complexity index is 1090. The van der Waals surface area contributed by atoms with E-state index in [4.69, 9.17) is 11.6 Å². The quantitative estimate of drug-likeness (QED) is 0.412. The highest BCUT2D eigenvalue weighted by atomic mass is 35.5. The molecule has 5 nitrogen and oxygen atoms in total. The number of nitrogens with one attached hydrogen (secondary N) is 1. The van der Waals surface area contributed by atoms with Crippen LogP contribution >= 0.6 is 34.7 Å². The lowest BCUT2D eigenvalue weighted by atomic mass is 9.88. The first kappa shape index (κ1) is 22.4. The molecule has 1 aliphatic rings. The number of nitrogens with zero attached hydrogens (tertiary/aromatic N) is 3. The standard InChI is InChI=1S/C23H27ClN4OS2/c1-4-10-28-22(17-12-30-20-11-14(2)8-9-16(17)20)26-27-23(28)31-13-21(29)25-19-7-5-6-18(24)15(19)3/h5-7,12,14H,4,8-11,13H2,1-3H3,(H,25,29). The smallest absolute Gasteiger partial charge is 0.234 e. The number of hydrogen-bond donors (Lipinski definition) is 1. The molecule has 31 heavy (non-hydrogen) atoms. The average Bonchev–Trinajstić information content (AvgIpc) is 3.33. The van der Waals surface area contributed by atoms with Gasteiger partial charge in [-0.1, -0.05) is 43.3 Å². The van der Waals surface area contributed by atoms with Gasteiger partial charge in [-0.2, -0.15) is 0 Å². The summed E-state index contributed by atoms with van der Waals surface area (Å²) in [5, 5.41) is 15.6. The number of carbonyl (C=O) groups is 1. The van der Waals surface area contributed by atoms with Crippen LogP contribution in [-0.2, 0) is 24.2 Å². The molecule has 0 bridgehead atoms. The third-order valence-corrected chi connectivity index (χ3v) is 8.11. The Labute approximate surface area is 196 Å². The molecule has 0 radical (unpaired) electrons. The number of thiophene rings is 1. The molecule has 1 N–H and O–H groups in total. The molecule has 0 saturated carbocycles. The molecular weight excluding hydrogens is 448 g/mol. The molecule has 164 valence electrons. The van der Waals surface area contributed by atoms with Crippen LogP contribution < -0.4 is 5.32 Å². The van der Waals surface area contributed by atoms with E-state index in [1.54, 1.807) is 0 Å². The van der Waals surface area contributed by atoms with E-state index < -0.39 is 0 Å². The topological polar surface area (TPSA) is 59.8 Å². The van der Waals surface area contributed by atoms with E-state index in [0.717, 1.165) is 54.0 Å². The summed E-state index contributed by atoms with van der Waals surface area (Å²) in [5.74, 6) is 1.88. The van der Waals surface area contributed by atoms with Crippen LogP contribution in [0.2, 0.25) is 5.02 Å². The molecule has 2 aromatic heterocycles. The Hall–Kier alpha value is -1.83. The van der Waals surface area contributed by atoms with E-state index in [9.17, 15) is 4.79 Å². The third kappa shape index (κ3) is 4.83. The van der Waals surface area contributed by atoms with Crippen molar-refractivity contribution >= 4 is 46.3 Å². The van der Waals surface area contributed by atoms with Crippen LogP contribution in [0.25, 0.3) is 11.4 Å². The first-order valence-corrected chi connectivity index (χ1v) is 12.9. The van der Waals surface area contributed by atoms with Gasteiger partial charge >= 0.3 is 0 Å². The van der Waals surface area contributed by atoms with Crippen LogP contribution in [0, 0.1) is 12.8 Å². The molecule has 0 aliphatic heterocycles. The first-order chi connectivity index (χ1) is 15.0. The summed E-state index contributed by atoms with van der Waals surface area (Å²) in [7, 11) is 0. The first-order valence-electron chi connectivity index (χ1n) is 10.7. The SMILES string of the molecule is CCCn1c(SCC(=O)Nc2cccc(Cl)c2C)nnc1-c1csc2c1CCC(C)C2. The molecule has 8 heteroatoms. The number of amides is 1. The monoisotopic (exact) mass is 474 g/mol. The van der Waals surface area contributed by atoms with Gasteiger partial charge in [-0.05, 0) is 61.8 Å². The van der Waals surface area contributed by atoms with Crippen LogP contribution in [0.15, 0.2) is 28.7 Å². The molecule has 1 atom stereocenters. The number of hydrogen-bond acceptors (Lipinski definition) is 5. The average molecular weight is 475 g/mol. The number of rotatable bonds is 7. The summed E-state index contributed by atoms with van der Waals surface area (Å²) in [5.41, 5.74) is 4.28. The summed E-state index contributed by atoms with van der Waals surface area (Å²) in [4.78, 5) is 14.0. The Morgan fingerprint density at radius 1 is 1.39 bits per heavy atom. The van der Waals surface area contributed by atoms with E-state index in [1.807, 2.05) is 36.5 Å². The summed E-state index contributed by atoms with van der Waals surface area (Å²) < 4.78 is 2.17. The van der Waals surface area contributed by atoms with Crippen LogP contribution in [0.5, 0.6) is 0 Å². The van der Waals surface area contributed by atoms with Gasteiger partial charge in [-0.15, -0.1) is 21.5 Å². The second-order valence-corrected chi connectivity index (χ2v) is 10.4. The van der Waals surface area contributed by atoms with Crippen molar-refractivity contribution in [2.24, 2.45) is 5.92 Å². The number of benzene rings is 1. The van der Waals surface area contributed by atoms with Crippen molar-refractivity contribution in [2.45, 2.75) is 58.2 Å². The number of carbonyl (C=O) groups excluding carboxylic acids is 1. The van der Waals surface area contributed by atoms with Gasteiger partial charge in [0.15, 0.2) is 11.0 Å². The van der Waals surface area contributed by atoms with E-state index in [2.05, 4.69) is 39.3 Å². The second kappa shape index (κ2) is 9.76. The largest absolute Gasteiger partial charge is 0.325 e. The molecule has 3 aromatic rings. The molecule has 0 saturated heterocycles. The highest BCUT2D eigenvalue weighted by molar-refractivity contribution is 7.99. The molecule has 0 spiro atoms. The van der Waals surface area contributed by atoms with Gasteiger partial charge < -0.3 is 9.88 Å². The van der Waals surface area contributed by atoms with Crippen molar-refractivity contribution in [3.63, 3.8) is 0 Å². The lowest BCUT2D eigenvalue weighted by Crippen LogP contribution is -2.15. The van der Waals surface area contributed by atoms with Crippen molar-refractivity contribution in [3.05, 3.63) is 44.6 Å². The number of halogens is 1. The molecule has 1 amide bonds. The van der Waals surface area contributed by atoms with E-state index in [1.165, 1.54) is 34.2 Å². The molecule has 1 unspecified atom stereocenters. The van der Waals surface area contributed by atoms with Gasteiger partial charge in [0.05, 0.1) is 5.75 Å². The number of fused-ring (bicyclic) bond motifs is 1. The van der Waals surface area contributed by atoms with Crippen molar-refractivity contribution in [2.75, 3.05) is 11.1 Å². The lowest BCUT2D eigenvalue weighted by molar-refractivity contribution is -0.113. The van der Waals surface area contributed by atoms with Crippen LogP contribution in [0.1, 0.15) is 42.7 Å². The van der Waals surface area contributed by atoms with E-state index in [-0.39, 0.29) is 11.7 Å². The fourth-order valence-corrected chi connectivity index (χ4v) is 6.13. The normalized spacial score (nSPS) is 15.7. The Morgan fingerprint density at radius 3 is 3.03 bits per heavy atom. The molecule has 0 fully saturated rings. The summed E-state index contributed by atoms with van der Waals surface area (Å²) in [6.07, 6.45) is 4.48. The van der Waals surface area contributed by atoms with Crippen LogP contribution in [-0.4, -0.2) is 26.4 Å². The molecular formula is C23H27ClN4OS2. The van der Waals surface area contributed by atoms with Gasteiger partial charge in [0.1, 0.15) is 0 Å². The minimum absolute atomic E-state index is 0.0788. The zero-order chi connectivity index (χ0) is 22.0. The molecule has 4 rings (SSSR count). The van der Waals surface area contributed by atoms with Crippen molar-refractivity contribution in [1.29, 1.82) is 0 Å². The summed E-state index contributed by atoms with van der Waals surface area (Å²) in [6.45, 7) is 7.21. The zero-order valence-corrected chi connectivity index (χ0v) is 20.5. The Morgan fingerprint density at radius 2 is 2.23 bits per heavy atom. The minimum atomic E-state index is -0.0788. The third-order valence-electron chi connectivity index (χ3n) is 5.68. The van der Waals surface area contributed by atoms with Gasteiger partial charge in [-0.3, -0.25) is 4.79 Å². The van der Waals surface area contributed by atoms with Crippen molar-refractivity contribution in [1.82, 2.24) is 14.8 Å². The molecule has 1 aliphatic carbocycles. The Balaban J connectivity index is 1.50. The molecule has 1 aromatic carbocycles. The second-order valence-electron chi connectivity index (χ2n) is 8.11. The predicted molar refractivity (Wildman–Crippen MR) is 130 cm³/mol. The van der Waals surface area contributed by atoms with Crippen molar-refractivity contribution < 1.29 is 4.79 Å². The minimum Gasteiger partial charge on any atom is -0.325 e. The van der Waals surface area contributed by atoms with E-state index >= 15 is 0 Å². The fourth-order valence-electron chi connectivity index (χ4n) is 3.94. The number of aromatic nitrogens is 3. The maximum atomic E-state index is 12.5. The van der Waals surface area contributed by atoms with Crippen LogP contribution in [0.4, 0.5) is 5.69 Å². The Kier molecular flexibility index (Phi) is 7.04. The zero-order valence-electron chi connectivity index (χ0n) is 18.1. The number of anilines is 1. The highest BCUT2D eigenvalue weighted by Crippen LogP contribution is 2.38. The van der Waals surface area contributed by atoms with Gasteiger partial charge in [0.2, 0.25) is 5.91 Å². The maximum Gasteiger partial charge on any atom is 0.234 e. The fraction of sp³-hybridized carbons (Fsp3) is 0.435. The maximum absolute atomic E-state index is 12.5. The highest BCUT2D eigenvalue weighted by Gasteiger charge is 2.24. The van der Waals surface area contributed by atoms with Gasteiger partial charge in [0.25, 0.3) is 0 Å². The van der Waals surface area contributed by atoms with Crippen molar-refractivity contribution in [3.8, 4) is 11.4 Å². The number of thioether (sulfide) groups is 1. The van der Waals surface area contributed by atoms with Gasteiger partial charge in [0, 0.05) is 33.1 Å². The van der Waals surface area contributed by atoms with Gasteiger partial charge in [-0.25, -0.2) is 0 Å². The molecule has 2 heterocycles. The van der Waals surface area contributed by atoms with Crippen LogP contribution in [0.3, 0.4) is 0 Å². The summed E-state index contributed by atoms with van der Waals surface area (Å²) in [6, 6.07) is 5.52. The van der Waals surface area contributed by atoms with E-state index in [0.29, 0.717) is 5.02 Å². The predicted octanol–water partition coefficient (Wildman–Crippen LogP) is 6.23.